The van der Waals surface area contributed by atoms with Crippen LogP contribution in [0.2, 0.25) is 0 Å². The molecule has 0 saturated carbocycles. The first kappa shape index (κ1) is 26.6. The van der Waals surface area contributed by atoms with E-state index in [1.54, 1.807) is 12.1 Å². The summed E-state index contributed by atoms with van der Waals surface area (Å²) in [5, 5.41) is 5.85. The first-order chi connectivity index (χ1) is 16.0. The molecule has 0 spiro atoms. The highest BCUT2D eigenvalue weighted by Gasteiger charge is 2.32. The number of piperidine rings is 1. The number of nitrogens with one attached hydrogen (secondary N) is 2. The van der Waals surface area contributed by atoms with Crippen molar-refractivity contribution in [1.29, 1.82) is 0 Å². The molecule has 9 nitrogen and oxygen atoms in total. The molecule has 1 aromatic carbocycles. The van der Waals surface area contributed by atoms with Crippen LogP contribution in [0.1, 0.15) is 40.5 Å². The molecule has 0 radical (unpaired) electrons. The highest BCUT2D eigenvalue weighted by atomic mass is 32.2. The van der Waals surface area contributed by atoms with Gasteiger partial charge in [0.25, 0.3) is 0 Å². The molecule has 3 atom stereocenters. The fourth-order valence-corrected chi connectivity index (χ4v) is 6.09. The van der Waals surface area contributed by atoms with Crippen LogP contribution in [-0.2, 0) is 24.3 Å². The van der Waals surface area contributed by atoms with Crippen LogP contribution in [0.3, 0.4) is 0 Å². The molecule has 0 aromatic heterocycles. The van der Waals surface area contributed by atoms with Gasteiger partial charge in [0, 0.05) is 37.8 Å². The molecule has 10 heteroatoms. The minimum atomic E-state index is -3.62. The van der Waals surface area contributed by atoms with Gasteiger partial charge in [-0.2, -0.15) is 4.31 Å². The lowest BCUT2D eigenvalue weighted by Crippen LogP contribution is -2.48. The molecule has 0 bridgehead atoms. The number of likely N-dealkylation sites (tertiary alicyclic amines) is 1. The summed E-state index contributed by atoms with van der Waals surface area (Å²) in [6.07, 6.45) is 1.71. The van der Waals surface area contributed by atoms with E-state index in [-0.39, 0.29) is 41.4 Å². The van der Waals surface area contributed by atoms with Gasteiger partial charge in [-0.25, -0.2) is 8.42 Å². The van der Waals surface area contributed by atoms with Gasteiger partial charge in [0.05, 0.1) is 23.6 Å². The molecule has 2 aliphatic heterocycles. The molecule has 2 aliphatic rings. The van der Waals surface area contributed by atoms with Gasteiger partial charge in [-0.15, -0.1) is 0 Å². The molecule has 3 unspecified atom stereocenters. The van der Waals surface area contributed by atoms with Crippen molar-refractivity contribution in [2.75, 3.05) is 44.6 Å². The van der Waals surface area contributed by atoms with Crippen LogP contribution in [-0.4, -0.2) is 80.9 Å². The molecule has 3 rings (SSSR count). The molecule has 1 aromatic rings. The average Bonchev–Trinajstić information content (AvgIpc) is 2.77. The van der Waals surface area contributed by atoms with Gasteiger partial charge >= 0.3 is 0 Å². The Hall–Kier alpha value is -2.01. The summed E-state index contributed by atoms with van der Waals surface area (Å²) in [5.74, 6) is 0.212. The standard InChI is InChI=1S/C24H38N4O5S/c1-17(2)24(30)25-12-20-6-5-11-27(15-20)16-23(29)26-21-7-9-22(10-8-21)34(31,32)28-13-18(3)33-19(4)14-28/h7-10,17-20H,5-6,11-16H2,1-4H3,(H,25,30)(H,26,29). The molecule has 2 fully saturated rings. The number of rotatable bonds is 8. The number of hydrogen-bond donors (Lipinski definition) is 2. The molecule has 190 valence electrons. The second kappa shape index (κ2) is 11.6. The minimum absolute atomic E-state index is 0.0344. The zero-order valence-corrected chi connectivity index (χ0v) is 21.4. The normalized spacial score (nSPS) is 24.7. The fourth-order valence-electron chi connectivity index (χ4n) is 4.50. The van der Waals surface area contributed by atoms with Gasteiger partial charge in [-0.3, -0.25) is 14.5 Å². The van der Waals surface area contributed by atoms with E-state index in [1.165, 1.54) is 16.4 Å². The third-order valence-electron chi connectivity index (χ3n) is 6.22. The van der Waals surface area contributed by atoms with Crippen LogP contribution in [0.25, 0.3) is 0 Å². The summed E-state index contributed by atoms with van der Waals surface area (Å²) in [5.41, 5.74) is 0.561. The summed E-state index contributed by atoms with van der Waals surface area (Å²) < 4.78 is 33.1. The van der Waals surface area contributed by atoms with Crippen LogP contribution in [0.4, 0.5) is 5.69 Å². The SMILES string of the molecule is CC1CN(S(=O)(=O)c2ccc(NC(=O)CN3CCCC(CNC(=O)C(C)C)C3)cc2)CC(C)O1. The lowest BCUT2D eigenvalue weighted by atomic mass is 9.97. The Morgan fingerprint density at radius 3 is 2.35 bits per heavy atom. The zero-order valence-electron chi connectivity index (χ0n) is 20.6. The first-order valence-electron chi connectivity index (χ1n) is 12.1. The zero-order chi connectivity index (χ0) is 24.9. The van der Waals surface area contributed by atoms with E-state index in [4.69, 9.17) is 4.74 Å². The number of amides is 2. The number of ether oxygens (including phenoxy) is 1. The lowest BCUT2D eigenvalue weighted by molar-refractivity contribution is -0.124. The molecule has 2 N–H and O–H groups in total. The van der Waals surface area contributed by atoms with Crippen molar-refractivity contribution in [1.82, 2.24) is 14.5 Å². The second-order valence-electron chi connectivity index (χ2n) is 9.80. The summed E-state index contributed by atoms with van der Waals surface area (Å²) in [4.78, 5) is 26.7. The number of sulfonamides is 1. The van der Waals surface area contributed by atoms with Crippen LogP contribution < -0.4 is 10.6 Å². The van der Waals surface area contributed by atoms with E-state index < -0.39 is 10.0 Å². The molecule has 2 heterocycles. The van der Waals surface area contributed by atoms with Crippen molar-refractivity contribution in [3.05, 3.63) is 24.3 Å². The first-order valence-corrected chi connectivity index (χ1v) is 13.5. The monoisotopic (exact) mass is 494 g/mol. The van der Waals surface area contributed by atoms with Gasteiger partial charge in [0.2, 0.25) is 21.8 Å². The van der Waals surface area contributed by atoms with Gasteiger partial charge < -0.3 is 15.4 Å². The Balaban J connectivity index is 1.51. The Morgan fingerprint density at radius 2 is 1.74 bits per heavy atom. The molecular weight excluding hydrogens is 456 g/mol. The maximum atomic E-state index is 13.0. The predicted octanol–water partition coefficient (Wildman–Crippen LogP) is 1.91. The highest BCUT2D eigenvalue weighted by Crippen LogP contribution is 2.23. The maximum absolute atomic E-state index is 13.0. The van der Waals surface area contributed by atoms with Crippen LogP contribution in [0, 0.1) is 11.8 Å². The van der Waals surface area contributed by atoms with Gasteiger partial charge in [0.1, 0.15) is 0 Å². The molecule has 2 saturated heterocycles. The quantitative estimate of drug-likeness (QED) is 0.572. The molecule has 2 amide bonds. The van der Waals surface area contributed by atoms with Crippen molar-refractivity contribution >= 4 is 27.5 Å². The van der Waals surface area contributed by atoms with Crippen molar-refractivity contribution in [2.45, 2.75) is 57.6 Å². The lowest BCUT2D eigenvalue weighted by Gasteiger charge is -2.34. The number of morpholine rings is 1. The molecule has 34 heavy (non-hydrogen) atoms. The Labute approximate surface area is 203 Å². The van der Waals surface area contributed by atoms with Crippen molar-refractivity contribution in [3.8, 4) is 0 Å². The number of carbonyl (C=O) groups excluding carboxylic acids is 2. The highest BCUT2D eigenvalue weighted by molar-refractivity contribution is 7.89. The third kappa shape index (κ3) is 7.24. The summed E-state index contributed by atoms with van der Waals surface area (Å²) in [6.45, 7) is 10.6. The summed E-state index contributed by atoms with van der Waals surface area (Å²) >= 11 is 0. The summed E-state index contributed by atoms with van der Waals surface area (Å²) in [6, 6.07) is 6.31. The van der Waals surface area contributed by atoms with Crippen LogP contribution in [0.5, 0.6) is 0 Å². The van der Waals surface area contributed by atoms with Gasteiger partial charge in [-0.1, -0.05) is 13.8 Å². The number of anilines is 1. The van der Waals surface area contributed by atoms with E-state index in [0.29, 0.717) is 31.2 Å². The Morgan fingerprint density at radius 1 is 1.09 bits per heavy atom. The summed E-state index contributed by atoms with van der Waals surface area (Å²) in [7, 11) is -3.62. The smallest absolute Gasteiger partial charge is 0.243 e. The second-order valence-corrected chi connectivity index (χ2v) is 11.7. The van der Waals surface area contributed by atoms with E-state index in [1.807, 2.05) is 27.7 Å². The number of nitrogens with zero attached hydrogens (tertiary/aromatic N) is 2. The topological polar surface area (TPSA) is 108 Å². The predicted molar refractivity (Wildman–Crippen MR) is 131 cm³/mol. The largest absolute Gasteiger partial charge is 0.373 e. The Kier molecular flexibility index (Phi) is 9.08. The van der Waals surface area contributed by atoms with Crippen molar-refractivity contribution < 1.29 is 22.7 Å². The minimum Gasteiger partial charge on any atom is -0.373 e. The van der Waals surface area contributed by atoms with E-state index in [0.717, 1.165) is 25.9 Å². The van der Waals surface area contributed by atoms with E-state index in [9.17, 15) is 18.0 Å². The van der Waals surface area contributed by atoms with Gasteiger partial charge in [0.15, 0.2) is 0 Å². The molecular formula is C24H38N4O5S. The maximum Gasteiger partial charge on any atom is 0.243 e. The fraction of sp³-hybridized carbons (Fsp3) is 0.667. The Bertz CT molecular complexity index is 941. The average molecular weight is 495 g/mol. The van der Waals surface area contributed by atoms with Crippen LogP contribution >= 0.6 is 0 Å². The number of carbonyl (C=O) groups is 2. The van der Waals surface area contributed by atoms with Crippen LogP contribution in [0.15, 0.2) is 29.2 Å². The number of hydrogen-bond acceptors (Lipinski definition) is 6. The molecule has 0 aliphatic carbocycles. The van der Waals surface area contributed by atoms with E-state index in [2.05, 4.69) is 15.5 Å². The van der Waals surface area contributed by atoms with Gasteiger partial charge in [-0.05, 0) is 63.4 Å². The van der Waals surface area contributed by atoms with Crippen molar-refractivity contribution in [3.63, 3.8) is 0 Å². The number of benzene rings is 1. The van der Waals surface area contributed by atoms with E-state index >= 15 is 0 Å². The third-order valence-corrected chi connectivity index (χ3v) is 8.07. The van der Waals surface area contributed by atoms with Crippen molar-refractivity contribution in [2.24, 2.45) is 11.8 Å².